The Morgan fingerprint density at radius 2 is 1.66 bits per heavy atom. The Morgan fingerprint density at radius 1 is 0.966 bits per heavy atom. The van der Waals surface area contributed by atoms with Crippen molar-refractivity contribution in [2.45, 2.75) is 50.5 Å². The predicted molar refractivity (Wildman–Crippen MR) is 114 cm³/mol. The summed E-state index contributed by atoms with van der Waals surface area (Å²) in [6.45, 7) is 1.19. The maximum absolute atomic E-state index is 12.7. The van der Waals surface area contributed by atoms with Crippen LogP contribution in [0.4, 0.5) is 10.5 Å². The third kappa shape index (κ3) is 4.91. The largest absolute Gasteiger partial charge is 0.457 e. The molecule has 2 N–H and O–H groups in total. The molecule has 1 saturated carbocycles. The molecule has 5 nitrogen and oxygen atoms in total. The molecule has 2 aromatic carbocycles. The lowest BCUT2D eigenvalue weighted by Crippen LogP contribution is -2.51. The maximum Gasteiger partial charge on any atom is 0.321 e. The van der Waals surface area contributed by atoms with Crippen LogP contribution in [0.15, 0.2) is 54.6 Å². The highest BCUT2D eigenvalue weighted by molar-refractivity contribution is 5.89. The van der Waals surface area contributed by atoms with Gasteiger partial charge in [0.1, 0.15) is 11.5 Å². The Balaban J connectivity index is 1.32. The van der Waals surface area contributed by atoms with E-state index in [1.807, 2.05) is 59.5 Å². The third-order valence-electron chi connectivity index (χ3n) is 6.35. The zero-order valence-corrected chi connectivity index (χ0v) is 16.8. The molecule has 4 rings (SSSR count). The molecule has 2 aliphatic rings. The molecule has 0 atom stereocenters. The average Bonchev–Trinajstić information content (AvgIpc) is 2.76. The first-order valence-corrected chi connectivity index (χ1v) is 10.7. The van der Waals surface area contributed by atoms with Crippen LogP contribution in [0, 0.1) is 5.92 Å². The predicted octanol–water partition coefficient (Wildman–Crippen LogP) is 5.42. The summed E-state index contributed by atoms with van der Waals surface area (Å²) in [4.78, 5) is 14.5. The van der Waals surface area contributed by atoms with Crippen molar-refractivity contribution in [2.24, 2.45) is 5.92 Å². The van der Waals surface area contributed by atoms with Crippen LogP contribution in [-0.2, 0) is 0 Å². The van der Waals surface area contributed by atoms with E-state index >= 15 is 0 Å². The Labute approximate surface area is 172 Å². The van der Waals surface area contributed by atoms with E-state index in [1.165, 1.54) is 19.3 Å². The van der Waals surface area contributed by atoms with Crippen LogP contribution in [0.2, 0.25) is 0 Å². The van der Waals surface area contributed by atoms with Crippen molar-refractivity contribution in [3.8, 4) is 11.5 Å². The standard InChI is InChI=1S/C24H30N2O3/c27-23(26-16-14-24(28,15-17-26)19-8-3-1-4-9-19)25-20-10-7-13-22(18-20)29-21-11-5-2-6-12-21/h2,5-7,10-13,18-19,28H,1,3-4,8-9,14-17H2,(H,25,27). The summed E-state index contributed by atoms with van der Waals surface area (Å²) < 4.78 is 5.84. The van der Waals surface area contributed by atoms with E-state index in [0.29, 0.717) is 43.3 Å². The molecule has 2 fully saturated rings. The van der Waals surface area contributed by atoms with Gasteiger partial charge < -0.3 is 20.1 Å². The quantitative estimate of drug-likeness (QED) is 0.728. The van der Waals surface area contributed by atoms with Crippen LogP contribution in [0.5, 0.6) is 11.5 Å². The molecule has 0 bridgehead atoms. The summed E-state index contributed by atoms with van der Waals surface area (Å²) in [7, 11) is 0. The first kappa shape index (κ1) is 19.8. The molecule has 154 valence electrons. The molecule has 0 aromatic heterocycles. The number of likely N-dealkylation sites (tertiary alicyclic amines) is 1. The van der Waals surface area contributed by atoms with E-state index in [2.05, 4.69) is 5.32 Å². The number of piperidine rings is 1. The molecule has 2 amide bonds. The lowest BCUT2D eigenvalue weighted by molar-refractivity contribution is -0.0702. The van der Waals surface area contributed by atoms with Crippen molar-refractivity contribution in [3.63, 3.8) is 0 Å². The molecule has 1 aliphatic carbocycles. The SMILES string of the molecule is O=C(Nc1cccc(Oc2ccccc2)c1)N1CCC(O)(C2CCCCC2)CC1. The van der Waals surface area contributed by atoms with Gasteiger partial charge in [-0.25, -0.2) is 4.79 Å². The summed E-state index contributed by atoms with van der Waals surface area (Å²) in [5.41, 5.74) is 0.109. The molecule has 2 aromatic rings. The maximum atomic E-state index is 12.7. The highest BCUT2D eigenvalue weighted by atomic mass is 16.5. The van der Waals surface area contributed by atoms with E-state index in [4.69, 9.17) is 4.74 Å². The minimum atomic E-state index is -0.597. The summed E-state index contributed by atoms with van der Waals surface area (Å²) in [6.07, 6.45) is 7.31. The monoisotopic (exact) mass is 394 g/mol. The summed E-state index contributed by atoms with van der Waals surface area (Å²) in [5, 5.41) is 14.1. The van der Waals surface area contributed by atoms with Gasteiger partial charge in [-0.1, -0.05) is 43.5 Å². The van der Waals surface area contributed by atoms with Gasteiger partial charge in [0, 0.05) is 24.8 Å². The number of rotatable bonds is 4. The van der Waals surface area contributed by atoms with Crippen molar-refractivity contribution < 1.29 is 14.6 Å². The zero-order chi connectivity index (χ0) is 20.1. The van der Waals surface area contributed by atoms with Crippen LogP contribution in [0.25, 0.3) is 0 Å². The molecular weight excluding hydrogens is 364 g/mol. The van der Waals surface area contributed by atoms with Crippen molar-refractivity contribution in [2.75, 3.05) is 18.4 Å². The van der Waals surface area contributed by atoms with E-state index in [-0.39, 0.29) is 6.03 Å². The number of ether oxygens (including phenoxy) is 1. The number of amides is 2. The number of para-hydroxylation sites is 1. The van der Waals surface area contributed by atoms with Crippen LogP contribution in [0.1, 0.15) is 44.9 Å². The number of carbonyl (C=O) groups excluding carboxylic acids is 1. The molecule has 0 spiro atoms. The third-order valence-corrected chi connectivity index (χ3v) is 6.35. The fourth-order valence-electron chi connectivity index (χ4n) is 4.61. The summed E-state index contributed by atoms with van der Waals surface area (Å²) in [5.74, 6) is 1.83. The van der Waals surface area contributed by atoms with Crippen LogP contribution < -0.4 is 10.1 Å². The number of urea groups is 1. The number of hydrogen-bond acceptors (Lipinski definition) is 3. The van der Waals surface area contributed by atoms with E-state index in [1.54, 1.807) is 0 Å². The van der Waals surface area contributed by atoms with Gasteiger partial charge in [-0.2, -0.15) is 0 Å². The minimum Gasteiger partial charge on any atom is -0.457 e. The first-order chi connectivity index (χ1) is 14.1. The van der Waals surface area contributed by atoms with Crippen LogP contribution >= 0.6 is 0 Å². The van der Waals surface area contributed by atoms with Gasteiger partial charge in [0.05, 0.1) is 5.60 Å². The lowest BCUT2D eigenvalue weighted by Gasteiger charge is -2.44. The number of nitrogens with one attached hydrogen (secondary N) is 1. The summed E-state index contributed by atoms with van der Waals surface area (Å²) >= 11 is 0. The van der Waals surface area contributed by atoms with Gasteiger partial charge in [-0.3, -0.25) is 0 Å². The fraction of sp³-hybridized carbons (Fsp3) is 0.458. The normalized spacial score (nSPS) is 19.6. The smallest absolute Gasteiger partial charge is 0.321 e. The topological polar surface area (TPSA) is 61.8 Å². The first-order valence-electron chi connectivity index (χ1n) is 10.7. The highest BCUT2D eigenvalue weighted by Gasteiger charge is 2.40. The van der Waals surface area contributed by atoms with Crippen LogP contribution in [-0.4, -0.2) is 34.7 Å². The van der Waals surface area contributed by atoms with Crippen LogP contribution in [0.3, 0.4) is 0 Å². The second-order valence-corrected chi connectivity index (χ2v) is 8.30. The van der Waals surface area contributed by atoms with Gasteiger partial charge in [0.25, 0.3) is 0 Å². The summed E-state index contributed by atoms with van der Waals surface area (Å²) in [6, 6.07) is 16.9. The molecule has 1 heterocycles. The number of aliphatic hydroxyl groups is 1. The second-order valence-electron chi connectivity index (χ2n) is 8.30. The lowest BCUT2D eigenvalue weighted by atomic mass is 9.72. The average molecular weight is 395 g/mol. The highest BCUT2D eigenvalue weighted by Crippen LogP contribution is 2.39. The van der Waals surface area contributed by atoms with Crippen molar-refractivity contribution in [1.29, 1.82) is 0 Å². The molecule has 5 heteroatoms. The number of anilines is 1. The Bertz CT molecular complexity index is 810. The fourth-order valence-corrected chi connectivity index (χ4v) is 4.61. The Hall–Kier alpha value is -2.53. The van der Waals surface area contributed by atoms with Gasteiger partial charge in [0.2, 0.25) is 0 Å². The van der Waals surface area contributed by atoms with E-state index < -0.39 is 5.60 Å². The van der Waals surface area contributed by atoms with Crippen molar-refractivity contribution >= 4 is 11.7 Å². The van der Waals surface area contributed by atoms with Gasteiger partial charge in [-0.05, 0) is 55.9 Å². The Kier molecular flexibility index (Phi) is 6.05. The molecule has 0 unspecified atom stereocenters. The van der Waals surface area contributed by atoms with Crippen molar-refractivity contribution in [1.82, 2.24) is 4.90 Å². The number of nitrogens with zero attached hydrogens (tertiary/aromatic N) is 1. The zero-order valence-electron chi connectivity index (χ0n) is 16.8. The minimum absolute atomic E-state index is 0.118. The van der Waals surface area contributed by atoms with E-state index in [0.717, 1.165) is 18.6 Å². The Morgan fingerprint density at radius 3 is 2.38 bits per heavy atom. The molecule has 0 radical (unpaired) electrons. The number of carbonyl (C=O) groups is 1. The van der Waals surface area contributed by atoms with Gasteiger partial charge >= 0.3 is 6.03 Å². The molecule has 1 aliphatic heterocycles. The van der Waals surface area contributed by atoms with E-state index in [9.17, 15) is 9.90 Å². The molecule has 1 saturated heterocycles. The van der Waals surface area contributed by atoms with Gasteiger partial charge in [0.15, 0.2) is 0 Å². The number of benzene rings is 2. The molecular formula is C24H30N2O3. The van der Waals surface area contributed by atoms with Gasteiger partial charge in [-0.15, -0.1) is 0 Å². The molecule has 29 heavy (non-hydrogen) atoms. The number of hydrogen-bond donors (Lipinski definition) is 2. The van der Waals surface area contributed by atoms with Crippen molar-refractivity contribution in [3.05, 3.63) is 54.6 Å². The second kappa shape index (κ2) is 8.87.